The molecule has 0 saturated heterocycles. The maximum Gasteiger partial charge on any atom is 0.0733 e. The summed E-state index contributed by atoms with van der Waals surface area (Å²) in [5.41, 5.74) is 8.22. The molecule has 0 radical (unpaired) electrons. The Balaban J connectivity index is 0.00000256. The van der Waals surface area contributed by atoms with Gasteiger partial charge in [-0.25, -0.2) is 0 Å². The molecule has 1 aromatic rings. The van der Waals surface area contributed by atoms with Gasteiger partial charge in [-0.3, -0.25) is 0 Å². The van der Waals surface area contributed by atoms with Crippen LogP contribution in [0.3, 0.4) is 0 Å². The molecule has 17 heavy (non-hydrogen) atoms. The molecule has 98 valence electrons. The van der Waals surface area contributed by atoms with Crippen molar-refractivity contribution in [3.63, 3.8) is 0 Å². The Bertz CT molecular complexity index is 346. The minimum absolute atomic E-state index is 0. The van der Waals surface area contributed by atoms with Gasteiger partial charge in [0.2, 0.25) is 0 Å². The van der Waals surface area contributed by atoms with Crippen LogP contribution in [0.5, 0.6) is 0 Å². The van der Waals surface area contributed by atoms with Crippen molar-refractivity contribution in [1.29, 1.82) is 0 Å². The van der Waals surface area contributed by atoms with Crippen LogP contribution in [0.4, 0.5) is 0 Å². The zero-order valence-electron chi connectivity index (χ0n) is 10.3. The van der Waals surface area contributed by atoms with E-state index in [2.05, 4.69) is 22.9 Å². The molecule has 4 heteroatoms. The number of hydrogen-bond donors (Lipinski definition) is 2. The molecule has 0 aliphatic carbocycles. The van der Waals surface area contributed by atoms with E-state index in [0.29, 0.717) is 0 Å². The Morgan fingerprint density at radius 2 is 2.06 bits per heavy atom. The van der Waals surface area contributed by atoms with Crippen molar-refractivity contribution in [1.82, 2.24) is 0 Å². The number of halogens is 2. The minimum Gasteiger partial charge on any atom is -0.391 e. The van der Waals surface area contributed by atoms with Gasteiger partial charge in [-0.1, -0.05) is 47.8 Å². The zero-order valence-corrected chi connectivity index (χ0v) is 12.7. The molecule has 0 spiro atoms. The second kappa shape index (κ2) is 8.09. The number of unbranched alkanes of at least 4 members (excludes halogenated alkanes) is 1. The molecule has 0 aliphatic heterocycles. The molecule has 0 aromatic heterocycles. The van der Waals surface area contributed by atoms with E-state index in [1.807, 2.05) is 25.1 Å². The van der Waals surface area contributed by atoms with Crippen LogP contribution in [0, 0.1) is 6.92 Å². The first-order valence-corrected chi connectivity index (χ1v) is 6.55. The molecule has 3 N–H and O–H groups in total. The van der Waals surface area contributed by atoms with Crippen LogP contribution in [0.1, 0.15) is 43.4 Å². The summed E-state index contributed by atoms with van der Waals surface area (Å²) in [5, 5.41) is 9.95. The number of nitrogens with two attached hydrogens (primary N) is 1. The Morgan fingerprint density at radius 3 is 2.59 bits per heavy atom. The summed E-state index contributed by atoms with van der Waals surface area (Å²) in [6.45, 7) is 4.15. The molecule has 0 amide bonds. The number of aliphatic hydroxyl groups is 1. The lowest BCUT2D eigenvalue weighted by Crippen LogP contribution is -2.26. The highest BCUT2D eigenvalue weighted by Crippen LogP contribution is 2.26. The number of aryl methyl sites for hydroxylation is 1. The molecule has 0 fully saturated rings. The van der Waals surface area contributed by atoms with E-state index in [1.165, 1.54) is 5.56 Å². The summed E-state index contributed by atoms with van der Waals surface area (Å²) in [6.07, 6.45) is 2.40. The van der Waals surface area contributed by atoms with Crippen molar-refractivity contribution in [2.24, 2.45) is 5.73 Å². The van der Waals surface area contributed by atoms with Crippen LogP contribution in [0.25, 0.3) is 0 Å². The predicted octanol–water partition coefficient (Wildman–Crippen LogP) is 3.73. The third kappa shape index (κ3) is 4.96. The molecule has 0 aliphatic rings. The number of rotatable bonds is 5. The van der Waals surface area contributed by atoms with E-state index in [4.69, 9.17) is 5.73 Å². The molecule has 0 saturated carbocycles. The van der Waals surface area contributed by atoms with Crippen molar-refractivity contribution >= 4 is 28.3 Å². The summed E-state index contributed by atoms with van der Waals surface area (Å²) in [7, 11) is 0. The van der Waals surface area contributed by atoms with Gasteiger partial charge in [-0.15, -0.1) is 12.4 Å². The zero-order chi connectivity index (χ0) is 12.1. The number of benzene rings is 1. The average molecular weight is 323 g/mol. The first-order chi connectivity index (χ1) is 7.56. The van der Waals surface area contributed by atoms with E-state index in [-0.39, 0.29) is 18.4 Å². The van der Waals surface area contributed by atoms with Gasteiger partial charge in [-0.2, -0.15) is 0 Å². The number of hydrogen-bond acceptors (Lipinski definition) is 2. The molecule has 1 rings (SSSR count). The molecular weight excluding hydrogens is 302 g/mol. The fraction of sp³-hybridized carbons (Fsp3) is 0.538. The predicted molar refractivity (Wildman–Crippen MR) is 78.6 cm³/mol. The Morgan fingerprint density at radius 1 is 1.41 bits per heavy atom. The van der Waals surface area contributed by atoms with E-state index in [9.17, 15) is 5.11 Å². The van der Waals surface area contributed by atoms with E-state index < -0.39 is 6.10 Å². The van der Waals surface area contributed by atoms with Gasteiger partial charge in [0.25, 0.3) is 0 Å². The van der Waals surface area contributed by atoms with Gasteiger partial charge in [0.05, 0.1) is 12.1 Å². The summed E-state index contributed by atoms with van der Waals surface area (Å²) in [4.78, 5) is 0. The lowest BCUT2D eigenvalue weighted by molar-refractivity contribution is 0.132. The van der Waals surface area contributed by atoms with Crippen LogP contribution >= 0.6 is 28.3 Å². The highest BCUT2D eigenvalue weighted by molar-refractivity contribution is 9.10. The quantitative estimate of drug-likeness (QED) is 0.867. The van der Waals surface area contributed by atoms with Crippen molar-refractivity contribution in [2.75, 3.05) is 0 Å². The van der Waals surface area contributed by atoms with Gasteiger partial charge in [0.1, 0.15) is 0 Å². The molecule has 2 nitrogen and oxygen atoms in total. The molecule has 1 aromatic carbocycles. The van der Waals surface area contributed by atoms with E-state index in [1.54, 1.807) is 0 Å². The third-order valence-electron chi connectivity index (χ3n) is 2.78. The summed E-state index contributed by atoms with van der Waals surface area (Å²) < 4.78 is 0.982. The highest BCUT2D eigenvalue weighted by atomic mass is 79.9. The standard InChI is InChI=1S/C13H20BrNO.ClH/c1-3-4-5-12(16)13(15)10-7-6-9(2)8-11(10)14;/h6-8,12-13,16H,3-5,15H2,1-2H3;1H/t12-,13+;/m0./s1. The Hall–Kier alpha value is -0.0900. The molecule has 0 heterocycles. The largest absolute Gasteiger partial charge is 0.391 e. The monoisotopic (exact) mass is 321 g/mol. The smallest absolute Gasteiger partial charge is 0.0733 e. The molecule has 0 unspecified atom stereocenters. The maximum absolute atomic E-state index is 9.95. The second-order valence-electron chi connectivity index (χ2n) is 4.26. The van der Waals surface area contributed by atoms with Crippen LogP contribution < -0.4 is 5.73 Å². The lowest BCUT2D eigenvalue weighted by atomic mass is 9.98. The van der Waals surface area contributed by atoms with E-state index >= 15 is 0 Å². The van der Waals surface area contributed by atoms with E-state index in [0.717, 1.165) is 29.3 Å². The number of aliphatic hydroxyl groups excluding tert-OH is 1. The van der Waals surface area contributed by atoms with Gasteiger partial charge < -0.3 is 10.8 Å². The SMILES string of the molecule is CCCC[C@H](O)[C@H](N)c1ccc(C)cc1Br.Cl. The molecule has 0 bridgehead atoms. The lowest BCUT2D eigenvalue weighted by Gasteiger charge is -2.20. The Labute approximate surface area is 118 Å². The second-order valence-corrected chi connectivity index (χ2v) is 5.11. The summed E-state index contributed by atoms with van der Waals surface area (Å²) >= 11 is 3.49. The van der Waals surface area contributed by atoms with Crippen molar-refractivity contribution in [2.45, 2.75) is 45.3 Å². The van der Waals surface area contributed by atoms with Crippen molar-refractivity contribution < 1.29 is 5.11 Å². The third-order valence-corrected chi connectivity index (χ3v) is 3.47. The fourth-order valence-corrected chi connectivity index (χ4v) is 2.46. The first kappa shape index (κ1) is 16.9. The van der Waals surface area contributed by atoms with Crippen LogP contribution in [-0.2, 0) is 0 Å². The fourth-order valence-electron chi connectivity index (χ4n) is 1.70. The topological polar surface area (TPSA) is 46.2 Å². The molecule has 2 atom stereocenters. The van der Waals surface area contributed by atoms with Crippen molar-refractivity contribution in [3.8, 4) is 0 Å². The van der Waals surface area contributed by atoms with Gasteiger partial charge in [0.15, 0.2) is 0 Å². The molecular formula is C13H21BrClNO. The van der Waals surface area contributed by atoms with Gasteiger partial charge in [-0.05, 0) is 30.5 Å². The van der Waals surface area contributed by atoms with Crippen molar-refractivity contribution in [3.05, 3.63) is 33.8 Å². The van der Waals surface area contributed by atoms with Gasteiger partial charge in [0, 0.05) is 4.47 Å². The maximum atomic E-state index is 9.95. The summed E-state index contributed by atoms with van der Waals surface area (Å²) in [6, 6.07) is 5.73. The van der Waals surface area contributed by atoms with Crippen LogP contribution in [0.15, 0.2) is 22.7 Å². The average Bonchev–Trinajstić information content (AvgIpc) is 2.25. The highest BCUT2D eigenvalue weighted by Gasteiger charge is 2.18. The van der Waals surface area contributed by atoms with Crippen LogP contribution in [0.2, 0.25) is 0 Å². The van der Waals surface area contributed by atoms with Gasteiger partial charge >= 0.3 is 0 Å². The normalized spacial score (nSPS) is 13.9. The Kier molecular flexibility index (Phi) is 8.05. The first-order valence-electron chi connectivity index (χ1n) is 5.76. The van der Waals surface area contributed by atoms with Crippen LogP contribution in [-0.4, -0.2) is 11.2 Å². The summed E-state index contributed by atoms with van der Waals surface area (Å²) in [5.74, 6) is 0. The minimum atomic E-state index is -0.459.